The van der Waals surface area contributed by atoms with E-state index in [0.717, 1.165) is 0 Å². The second kappa shape index (κ2) is 30.3. The summed E-state index contributed by atoms with van der Waals surface area (Å²) in [7, 11) is 0. The van der Waals surface area contributed by atoms with Crippen molar-refractivity contribution in [3.63, 3.8) is 0 Å². The van der Waals surface area contributed by atoms with E-state index in [4.69, 9.17) is 0 Å². The zero-order valence-electron chi connectivity index (χ0n) is 29.8. The van der Waals surface area contributed by atoms with Gasteiger partial charge in [-0.15, -0.1) is 23.5 Å². The van der Waals surface area contributed by atoms with Crippen molar-refractivity contribution in [2.24, 2.45) is 0 Å². The number of thioether (sulfide) groups is 2. The summed E-state index contributed by atoms with van der Waals surface area (Å²) in [6, 6.07) is 9.29. The van der Waals surface area contributed by atoms with Crippen LogP contribution in [0.1, 0.15) is 174 Å². The van der Waals surface area contributed by atoms with Gasteiger partial charge >= 0.3 is 0 Å². The predicted octanol–water partition coefficient (Wildman–Crippen LogP) is 12.9. The van der Waals surface area contributed by atoms with Crippen molar-refractivity contribution in [3.8, 4) is 0 Å². The summed E-state index contributed by atoms with van der Waals surface area (Å²) in [6.07, 6.45) is 44.1. The Kier molecular flexibility index (Phi) is 27.1. The van der Waals surface area contributed by atoms with Gasteiger partial charge in [-0.25, -0.2) is 9.13 Å². The Hall–Kier alpha value is -1.00. The van der Waals surface area contributed by atoms with Gasteiger partial charge in [0.1, 0.15) is 13.1 Å². The average Bonchev–Trinajstić information content (AvgIpc) is 3.07. The molecule has 0 saturated carbocycles. The maximum Gasteiger partial charge on any atom is 0.169 e. The van der Waals surface area contributed by atoms with Gasteiger partial charge in [0, 0.05) is 46.9 Å². The van der Waals surface area contributed by atoms with Crippen molar-refractivity contribution in [2.75, 3.05) is 11.5 Å². The lowest BCUT2D eigenvalue weighted by atomic mass is 10.1. The van der Waals surface area contributed by atoms with Crippen LogP contribution in [0.25, 0.3) is 0 Å². The number of unbranched alkanes of at least 4 members (excludes halogenated alkanes) is 22. The van der Waals surface area contributed by atoms with Crippen LogP contribution in [-0.2, 0) is 13.1 Å². The van der Waals surface area contributed by atoms with Crippen LogP contribution in [0.2, 0.25) is 0 Å². The lowest BCUT2D eigenvalue weighted by molar-refractivity contribution is -0.697. The molecule has 0 radical (unpaired) electrons. The Morgan fingerprint density at radius 2 is 0.622 bits per heavy atom. The molecule has 0 aromatic carbocycles. The van der Waals surface area contributed by atoms with E-state index in [0.29, 0.717) is 0 Å². The molecule has 0 amide bonds. The zero-order valence-corrected chi connectivity index (χ0v) is 31.5. The van der Waals surface area contributed by atoms with Gasteiger partial charge in [-0.05, 0) is 37.2 Å². The first kappa shape index (κ1) is 40.2. The summed E-state index contributed by atoms with van der Waals surface area (Å²) in [6.45, 7) is 6.94. The summed E-state index contributed by atoms with van der Waals surface area (Å²) in [5.74, 6) is 2.53. The Morgan fingerprint density at radius 1 is 0.356 bits per heavy atom. The molecule has 0 fully saturated rings. The maximum atomic E-state index is 2.37. The molecular formula is C41H72N2S2+2. The third-order valence-electron chi connectivity index (χ3n) is 9.09. The normalized spacial score (nSPS) is 11.4. The highest BCUT2D eigenvalue weighted by Crippen LogP contribution is 2.20. The number of rotatable bonds is 32. The third-order valence-corrected chi connectivity index (χ3v) is 11.3. The van der Waals surface area contributed by atoms with Crippen LogP contribution in [0, 0.1) is 0 Å². The molecule has 0 N–H and O–H groups in total. The van der Waals surface area contributed by atoms with Gasteiger partial charge in [-0.3, -0.25) is 0 Å². The van der Waals surface area contributed by atoms with Gasteiger partial charge in [0.15, 0.2) is 24.8 Å². The van der Waals surface area contributed by atoms with Crippen molar-refractivity contribution in [2.45, 2.75) is 197 Å². The molecule has 2 heterocycles. The molecule has 2 aromatic rings. The standard InChI is InChI=1S/C41H72N2S2/c1-3-5-7-9-11-16-20-24-32-42-34-28-40(29-35-42)44-38-26-22-18-14-13-15-19-23-27-39-45-41-30-36-43(37-31-41)33-25-21-17-12-10-8-6-4-2/h28-31,34-37H,3-27,32-33,38-39H2,1-2H3/q+2. The summed E-state index contributed by atoms with van der Waals surface area (Å²) in [5.41, 5.74) is 0. The lowest BCUT2D eigenvalue weighted by Gasteiger charge is -2.04. The predicted molar refractivity (Wildman–Crippen MR) is 201 cm³/mol. The molecule has 2 aromatic heterocycles. The summed E-state index contributed by atoms with van der Waals surface area (Å²) in [4.78, 5) is 2.87. The molecule has 0 atom stereocenters. The maximum absolute atomic E-state index is 2.37. The highest BCUT2D eigenvalue weighted by Gasteiger charge is 2.04. The zero-order chi connectivity index (χ0) is 31.9. The first-order valence-corrected chi connectivity index (χ1v) is 21.5. The van der Waals surface area contributed by atoms with Crippen molar-refractivity contribution in [1.29, 1.82) is 0 Å². The highest BCUT2D eigenvalue weighted by atomic mass is 32.2. The van der Waals surface area contributed by atoms with E-state index in [9.17, 15) is 0 Å². The van der Waals surface area contributed by atoms with Gasteiger partial charge < -0.3 is 0 Å². The van der Waals surface area contributed by atoms with Gasteiger partial charge in [-0.2, -0.15) is 0 Å². The highest BCUT2D eigenvalue weighted by molar-refractivity contribution is 7.99. The van der Waals surface area contributed by atoms with Crippen LogP contribution in [0.15, 0.2) is 58.8 Å². The van der Waals surface area contributed by atoms with E-state index in [1.807, 2.05) is 23.5 Å². The monoisotopic (exact) mass is 657 g/mol. The molecule has 0 aliphatic rings. The molecule has 0 bridgehead atoms. The number of aryl methyl sites for hydroxylation is 2. The Balaban J connectivity index is 1.32. The summed E-state index contributed by atoms with van der Waals surface area (Å²) in [5, 5.41) is 0. The number of hydrogen-bond acceptors (Lipinski definition) is 2. The minimum absolute atomic E-state index is 1.17. The van der Waals surface area contributed by atoms with Gasteiger partial charge in [0.2, 0.25) is 0 Å². The quantitative estimate of drug-likeness (QED) is 0.0440. The van der Waals surface area contributed by atoms with Gasteiger partial charge in [0.25, 0.3) is 0 Å². The van der Waals surface area contributed by atoms with Crippen LogP contribution in [0.3, 0.4) is 0 Å². The molecule has 2 nitrogen and oxygen atoms in total. The molecule has 0 saturated heterocycles. The van der Waals surface area contributed by atoms with Crippen molar-refractivity contribution >= 4 is 23.5 Å². The topological polar surface area (TPSA) is 7.76 Å². The number of hydrogen-bond donors (Lipinski definition) is 0. The Labute approximate surface area is 289 Å². The number of aromatic nitrogens is 2. The van der Waals surface area contributed by atoms with Crippen molar-refractivity contribution < 1.29 is 9.13 Å². The van der Waals surface area contributed by atoms with E-state index >= 15 is 0 Å². The van der Waals surface area contributed by atoms with Gasteiger partial charge in [0.05, 0.1) is 0 Å². The fourth-order valence-electron chi connectivity index (χ4n) is 6.06. The molecule has 2 rings (SSSR count). The molecule has 0 aliphatic carbocycles. The molecule has 45 heavy (non-hydrogen) atoms. The van der Waals surface area contributed by atoms with Crippen LogP contribution < -0.4 is 9.13 Å². The van der Waals surface area contributed by atoms with Crippen molar-refractivity contribution in [3.05, 3.63) is 49.1 Å². The average molecular weight is 657 g/mol. The summed E-state index contributed by atoms with van der Waals surface area (Å²) >= 11 is 4.08. The van der Waals surface area contributed by atoms with E-state index in [-0.39, 0.29) is 0 Å². The van der Waals surface area contributed by atoms with Crippen LogP contribution >= 0.6 is 23.5 Å². The van der Waals surface area contributed by atoms with Crippen molar-refractivity contribution in [1.82, 2.24) is 0 Å². The van der Waals surface area contributed by atoms with E-state index in [1.54, 1.807) is 0 Å². The smallest absolute Gasteiger partial charge is 0.169 e. The lowest BCUT2D eigenvalue weighted by Crippen LogP contribution is -2.32. The fraction of sp³-hybridized carbons (Fsp3) is 0.756. The second-order valence-corrected chi connectivity index (χ2v) is 15.7. The van der Waals surface area contributed by atoms with E-state index in [1.165, 1.54) is 195 Å². The minimum atomic E-state index is 1.17. The van der Waals surface area contributed by atoms with Crippen LogP contribution in [0.4, 0.5) is 0 Å². The Morgan fingerprint density at radius 3 is 0.933 bits per heavy atom. The SMILES string of the molecule is CCCCCCCCCC[n+]1ccc(SCCCCCCCCCCCSc2cc[n+](CCCCCCCCCC)cc2)cc1. The van der Waals surface area contributed by atoms with Crippen LogP contribution in [0.5, 0.6) is 0 Å². The molecule has 4 heteroatoms. The first-order valence-electron chi connectivity index (χ1n) is 19.6. The fourth-order valence-corrected chi connectivity index (χ4v) is 7.85. The molecule has 0 aliphatic heterocycles. The first-order chi connectivity index (χ1) is 22.3. The minimum Gasteiger partial charge on any atom is -0.205 e. The van der Waals surface area contributed by atoms with Gasteiger partial charge in [-0.1, -0.05) is 136 Å². The molecule has 256 valence electrons. The largest absolute Gasteiger partial charge is 0.205 e. The number of nitrogens with zero attached hydrogens (tertiary/aromatic N) is 2. The molecule has 0 unspecified atom stereocenters. The second-order valence-electron chi connectivity index (χ2n) is 13.4. The number of pyridine rings is 2. The van der Waals surface area contributed by atoms with E-state index in [2.05, 4.69) is 72.0 Å². The molecule has 0 spiro atoms. The Bertz CT molecular complexity index is 810. The third kappa shape index (κ3) is 23.9. The van der Waals surface area contributed by atoms with E-state index < -0.39 is 0 Å². The van der Waals surface area contributed by atoms with Crippen LogP contribution in [-0.4, -0.2) is 11.5 Å². The molecular weight excluding hydrogens is 585 g/mol. The summed E-state index contributed by atoms with van der Waals surface area (Å²) < 4.78 is 4.74.